The van der Waals surface area contributed by atoms with E-state index in [1.54, 1.807) is 23.5 Å². The Balaban J connectivity index is 1.47. The Bertz CT molecular complexity index is 1030. The van der Waals surface area contributed by atoms with Crippen LogP contribution >= 0.6 is 0 Å². The second kappa shape index (κ2) is 7.46. The summed E-state index contributed by atoms with van der Waals surface area (Å²) >= 11 is 0. The van der Waals surface area contributed by atoms with Crippen molar-refractivity contribution in [3.63, 3.8) is 0 Å². The molecule has 2 aromatic rings. The van der Waals surface area contributed by atoms with Gasteiger partial charge in [-0.1, -0.05) is 0 Å². The molecule has 0 unspecified atom stereocenters. The quantitative estimate of drug-likeness (QED) is 0.798. The summed E-state index contributed by atoms with van der Waals surface area (Å²) in [5.74, 6) is -0.857. The first-order valence-electron chi connectivity index (χ1n) is 9.43. The van der Waals surface area contributed by atoms with Crippen molar-refractivity contribution in [2.75, 3.05) is 25.5 Å². The number of nitrogens with one attached hydrogen (secondary N) is 1. The van der Waals surface area contributed by atoms with E-state index >= 15 is 0 Å². The zero-order chi connectivity index (χ0) is 20.5. The number of imide groups is 1. The monoisotopic (exact) mass is 391 g/mol. The number of nitrogens with zero attached hydrogens (tertiary/aromatic N) is 4. The Kier molecular flexibility index (Phi) is 4.84. The number of aryl methyl sites for hydroxylation is 1. The average molecular weight is 391 g/mol. The third-order valence-corrected chi connectivity index (χ3v) is 5.18. The van der Waals surface area contributed by atoms with Crippen LogP contribution in [0.15, 0.2) is 48.1 Å². The minimum Gasteiger partial charge on any atom is -0.357 e. The van der Waals surface area contributed by atoms with Gasteiger partial charge in [-0.25, -0.2) is 0 Å². The highest BCUT2D eigenvalue weighted by Gasteiger charge is 2.40. The second-order valence-corrected chi connectivity index (χ2v) is 7.20. The smallest absolute Gasteiger partial charge is 0.277 e. The molecule has 2 aliphatic heterocycles. The molecule has 2 aromatic heterocycles. The summed E-state index contributed by atoms with van der Waals surface area (Å²) in [6.07, 6.45) is 6.34. The van der Waals surface area contributed by atoms with Crippen LogP contribution in [0.4, 0.5) is 5.69 Å². The summed E-state index contributed by atoms with van der Waals surface area (Å²) in [6.45, 7) is 2.51. The van der Waals surface area contributed by atoms with Crippen molar-refractivity contribution in [3.8, 4) is 11.3 Å². The van der Waals surface area contributed by atoms with E-state index in [1.165, 1.54) is 7.05 Å². The van der Waals surface area contributed by atoms with Crippen molar-refractivity contribution in [3.05, 3.63) is 53.6 Å². The lowest BCUT2D eigenvalue weighted by Gasteiger charge is -2.28. The fourth-order valence-electron chi connectivity index (χ4n) is 3.78. The van der Waals surface area contributed by atoms with Crippen LogP contribution in [0.2, 0.25) is 0 Å². The third-order valence-electron chi connectivity index (χ3n) is 5.18. The maximum atomic E-state index is 12.6. The lowest BCUT2D eigenvalue weighted by atomic mass is 10.0. The van der Waals surface area contributed by atoms with Crippen LogP contribution in [0.1, 0.15) is 18.4 Å². The van der Waals surface area contributed by atoms with Gasteiger partial charge in [0.15, 0.2) is 0 Å². The molecule has 1 N–H and O–H groups in total. The van der Waals surface area contributed by atoms with Gasteiger partial charge in [-0.05, 0) is 43.5 Å². The molecule has 29 heavy (non-hydrogen) atoms. The van der Waals surface area contributed by atoms with Crippen LogP contribution in [0.5, 0.6) is 0 Å². The van der Waals surface area contributed by atoms with E-state index in [0.717, 1.165) is 28.1 Å². The summed E-state index contributed by atoms with van der Waals surface area (Å²) in [5.41, 5.74) is 4.17. The highest BCUT2D eigenvalue weighted by Crippen LogP contribution is 2.30. The molecule has 148 valence electrons. The van der Waals surface area contributed by atoms with E-state index in [9.17, 15) is 14.4 Å². The number of hydrogen-bond acceptors (Lipinski definition) is 6. The van der Waals surface area contributed by atoms with E-state index in [2.05, 4.69) is 15.3 Å². The topological polar surface area (TPSA) is 95.5 Å². The van der Waals surface area contributed by atoms with Crippen molar-refractivity contribution in [1.29, 1.82) is 0 Å². The van der Waals surface area contributed by atoms with Gasteiger partial charge in [-0.3, -0.25) is 29.3 Å². The lowest BCUT2D eigenvalue weighted by molar-refractivity contribution is -0.136. The van der Waals surface area contributed by atoms with E-state index in [1.807, 2.05) is 25.1 Å². The molecular weight excluding hydrogens is 370 g/mol. The van der Waals surface area contributed by atoms with Crippen LogP contribution in [-0.2, 0) is 14.4 Å². The van der Waals surface area contributed by atoms with Crippen LogP contribution < -0.4 is 5.32 Å². The highest BCUT2D eigenvalue weighted by molar-refractivity contribution is 6.19. The van der Waals surface area contributed by atoms with Gasteiger partial charge in [0.1, 0.15) is 5.70 Å². The number of carbonyl (C=O) groups is 3. The molecule has 0 fully saturated rings. The van der Waals surface area contributed by atoms with Gasteiger partial charge in [0, 0.05) is 37.1 Å². The molecule has 0 aromatic carbocycles. The van der Waals surface area contributed by atoms with Crippen LogP contribution in [0, 0.1) is 6.92 Å². The molecule has 0 spiro atoms. The SMILES string of the molecule is Cc1cc(NC(=O)CN2CCCC3=C2C(=O)N(C)C3=O)cnc1-c1ccncc1. The third kappa shape index (κ3) is 3.49. The lowest BCUT2D eigenvalue weighted by Crippen LogP contribution is -2.38. The van der Waals surface area contributed by atoms with Gasteiger partial charge in [0.2, 0.25) is 5.91 Å². The fourth-order valence-corrected chi connectivity index (χ4v) is 3.78. The predicted octanol–water partition coefficient (Wildman–Crippen LogP) is 1.74. The number of hydrogen-bond donors (Lipinski definition) is 1. The molecule has 4 rings (SSSR count). The summed E-state index contributed by atoms with van der Waals surface area (Å²) in [5, 5.41) is 2.84. The zero-order valence-corrected chi connectivity index (χ0v) is 16.3. The maximum absolute atomic E-state index is 12.6. The molecular formula is C21H21N5O3. The number of pyridine rings is 2. The number of amides is 3. The molecule has 2 aliphatic rings. The number of aromatic nitrogens is 2. The minimum atomic E-state index is -0.336. The molecule has 0 saturated heterocycles. The highest BCUT2D eigenvalue weighted by atomic mass is 16.2. The molecule has 3 amide bonds. The number of carbonyl (C=O) groups excluding carboxylic acids is 3. The molecule has 0 saturated carbocycles. The van der Waals surface area contributed by atoms with E-state index in [0.29, 0.717) is 29.9 Å². The Labute approximate surface area is 168 Å². The Morgan fingerprint density at radius 2 is 1.97 bits per heavy atom. The second-order valence-electron chi connectivity index (χ2n) is 7.20. The van der Waals surface area contributed by atoms with Gasteiger partial charge in [-0.2, -0.15) is 0 Å². The predicted molar refractivity (Wildman–Crippen MR) is 106 cm³/mol. The fraction of sp³-hybridized carbons (Fsp3) is 0.286. The summed E-state index contributed by atoms with van der Waals surface area (Å²) in [6, 6.07) is 5.62. The Morgan fingerprint density at radius 1 is 1.21 bits per heavy atom. The Morgan fingerprint density at radius 3 is 2.69 bits per heavy atom. The maximum Gasteiger partial charge on any atom is 0.277 e. The molecule has 8 heteroatoms. The van der Waals surface area contributed by atoms with Crippen molar-refractivity contribution in [2.24, 2.45) is 0 Å². The van der Waals surface area contributed by atoms with Crippen LogP contribution in [0.25, 0.3) is 11.3 Å². The normalized spacial score (nSPS) is 16.3. The number of anilines is 1. The molecule has 0 aliphatic carbocycles. The standard InChI is InChI=1S/C21H21N5O3/c1-13-10-15(11-23-18(13)14-5-7-22-8-6-14)24-17(27)12-26-9-3-4-16-19(26)21(29)25(2)20(16)28/h5-8,10-11H,3-4,9,12H2,1-2H3,(H,24,27). The first-order chi connectivity index (χ1) is 14.0. The van der Waals surface area contributed by atoms with E-state index in [-0.39, 0.29) is 24.3 Å². The number of rotatable bonds is 4. The summed E-state index contributed by atoms with van der Waals surface area (Å²) < 4.78 is 0. The largest absolute Gasteiger partial charge is 0.357 e. The number of likely N-dealkylation sites (N-methyl/N-ethyl adjacent to an activating group) is 1. The van der Waals surface area contributed by atoms with Crippen molar-refractivity contribution in [2.45, 2.75) is 19.8 Å². The van der Waals surface area contributed by atoms with Crippen molar-refractivity contribution in [1.82, 2.24) is 19.8 Å². The minimum absolute atomic E-state index is 0.0108. The van der Waals surface area contributed by atoms with E-state index in [4.69, 9.17) is 0 Å². The van der Waals surface area contributed by atoms with Gasteiger partial charge in [-0.15, -0.1) is 0 Å². The molecule has 0 bridgehead atoms. The van der Waals surface area contributed by atoms with Gasteiger partial charge < -0.3 is 10.2 Å². The van der Waals surface area contributed by atoms with Crippen molar-refractivity contribution < 1.29 is 14.4 Å². The van der Waals surface area contributed by atoms with Gasteiger partial charge >= 0.3 is 0 Å². The molecule has 0 atom stereocenters. The van der Waals surface area contributed by atoms with Crippen LogP contribution in [-0.4, -0.2) is 57.6 Å². The molecule has 4 heterocycles. The summed E-state index contributed by atoms with van der Waals surface area (Å²) in [7, 11) is 1.47. The molecule has 8 nitrogen and oxygen atoms in total. The van der Waals surface area contributed by atoms with Gasteiger partial charge in [0.05, 0.1) is 24.1 Å². The van der Waals surface area contributed by atoms with Gasteiger partial charge in [0.25, 0.3) is 11.8 Å². The van der Waals surface area contributed by atoms with Crippen molar-refractivity contribution >= 4 is 23.4 Å². The Hall–Kier alpha value is -3.55. The first-order valence-corrected chi connectivity index (χ1v) is 9.43. The summed E-state index contributed by atoms with van der Waals surface area (Å²) in [4.78, 5) is 48.4. The first kappa shape index (κ1) is 18.8. The average Bonchev–Trinajstić information content (AvgIpc) is 2.94. The molecule has 0 radical (unpaired) electrons. The van der Waals surface area contributed by atoms with Crippen LogP contribution in [0.3, 0.4) is 0 Å². The zero-order valence-electron chi connectivity index (χ0n) is 16.3. The van der Waals surface area contributed by atoms with E-state index < -0.39 is 0 Å².